The number of carbonyl (C=O) groups is 1. The van der Waals surface area contributed by atoms with E-state index in [1.807, 2.05) is 0 Å². The summed E-state index contributed by atoms with van der Waals surface area (Å²) in [6, 6.07) is -0.766. The number of hydrogen-bond acceptors (Lipinski definition) is 6. The van der Waals surface area contributed by atoms with Crippen LogP contribution in [0.25, 0.3) is 0 Å². The maximum Gasteiger partial charge on any atom is 0.472 e. The molecule has 294 valence electrons. The summed E-state index contributed by atoms with van der Waals surface area (Å²) in [5.41, 5.74) is 5.37. The van der Waals surface area contributed by atoms with Crippen LogP contribution in [0, 0.1) is 0 Å². The Hall–Kier alpha value is -0.500. The number of aliphatic hydroxyl groups excluding tert-OH is 1. The van der Waals surface area contributed by atoms with Gasteiger partial charge in [0, 0.05) is 13.0 Å². The highest BCUT2D eigenvalue weighted by atomic mass is 31.2. The lowest BCUT2D eigenvalue weighted by molar-refractivity contribution is -0.123. The van der Waals surface area contributed by atoms with Crippen molar-refractivity contribution in [3.05, 3.63) is 0 Å². The second-order valence-corrected chi connectivity index (χ2v) is 16.0. The fourth-order valence-electron chi connectivity index (χ4n) is 6.49. The third-order valence-corrected chi connectivity index (χ3v) is 10.7. The normalized spacial score (nSPS) is 14.1. The molecule has 0 rings (SSSR count). The van der Waals surface area contributed by atoms with Crippen molar-refractivity contribution in [1.82, 2.24) is 5.32 Å². The quantitative estimate of drug-likeness (QED) is 0.0366. The van der Waals surface area contributed by atoms with Gasteiger partial charge in [0.25, 0.3) is 0 Å². The van der Waals surface area contributed by atoms with Crippen molar-refractivity contribution < 1.29 is 28.4 Å². The minimum Gasteiger partial charge on any atom is -0.391 e. The van der Waals surface area contributed by atoms with Crippen molar-refractivity contribution in [2.24, 2.45) is 5.73 Å². The van der Waals surface area contributed by atoms with Gasteiger partial charge in [-0.15, -0.1) is 0 Å². The van der Waals surface area contributed by atoms with Gasteiger partial charge in [-0.2, -0.15) is 0 Å². The zero-order valence-electron chi connectivity index (χ0n) is 32.5. The Morgan fingerprint density at radius 3 is 1.31 bits per heavy atom. The number of phosphoric ester groups is 1. The smallest absolute Gasteiger partial charge is 0.391 e. The highest BCUT2D eigenvalue weighted by Crippen LogP contribution is 2.43. The average Bonchev–Trinajstić information content (AvgIpc) is 3.09. The Balaban J connectivity index is 4.15. The van der Waals surface area contributed by atoms with E-state index < -0.39 is 20.0 Å². The lowest BCUT2D eigenvalue weighted by atomic mass is 10.0. The highest BCUT2D eigenvalue weighted by molar-refractivity contribution is 7.47. The number of aliphatic hydroxyl groups is 1. The van der Waals surface area contributed by atoms with E-state index in [0.717, 1.165) is 38.5 Å². The topological polar surface area (TPSA) is 131 Å². The Morgan fingerprint density at radius 2 is 0.939 bits per heavy atom. The molecule has 1 amide bonds. The first-order valence-electron chi connectivity index (χ1n) is 21.2. The molecule has 0 fully saturated rings. The molecule has 9 heteroatoms. The fraction of sp³-hybridized carbons (Fsp3) is 0.975. The maximum atomic E-state index is 12.7. The summed E-state index contributed by atoms with van der Waals surface area (Å²) in [5.74, 6) is -0.158. The second kappa shape index (κ2) is 37.3. The number of amides is 1. The van der Waals surface area contributed by atoms with E-state index in [1.54, 1.807) is 0 Å². The molecule has 0 aromatic carbocycles. The maximum absolute atomic E-state index is 12.7. The van der Waals surface area contributed by atoms with Gasteiger partial charge in [0.1, 0.15) is 0 Å². The molecule has 5 N–H and O–H groups in total. The first kappa shape index (κ1) is 48.5. The van der Waals surface area contributed by atoms with Gasteiger partial charge in [0.05, 0.1) is 25.4 Å². The minimum absolute atomic E-state index is 0.0924. The first-order chi connectivity index (χ1) is 23.9. The molecule has 0 aliphatic heterocycles. The molecule has 3 atom stereocenters. The summed E-state index contributed by atoms with van der Waals surface area (Å²) in [6.07, 6.45) is 38.1. The van der Waals surface area contributed by atoms with Gasteiger partial charge in [-0.25, -0.2) is 4.57 Å². The van der Waals surface area contributed by atoms with Gasteiger partial charge in [-0.1, -0.05) is 200 Å². The highest BCUT2D eigenvalue weighted by Gasteiger charge is 2.27. The number of rotatable bonds is 40. The fourth-order valence-corrected chi connectivity index (χ4v) is 7.25. The molecule has 0 aromatic rings. The molecule has 0 aliphatic carbocycles. The molecule has 49 heavy (non-hydrogen) atoms. The van der Waals surface area contributed by atoms with Gasteiger partial charge in [-0.3, -0.25) is 13.8 Å². The first-order valence-corrected chi connectivity index (χ1v) is 22.6. The number of nitrogens with one attached hydrogen (secondary N) is 1. The molecule has 0 aromatic heterocycles. The molecule has 0 heterocycles. The van der Waals surface area contributed by atoms with E-state index in [1.165, 1.54) is 154 Å². The Kier molecular flexibility index (Phi) is 36.9. The van der Waals surface area contributed by atoms with E-state index in [-0.39, 0.29) is 25.7 Å². The van der Waals surface area contributed by atoms with Crippen LogP contribution in [-0.2, 0) is 18.4 Å². The van der Waals surface area contributed by atoms with Crippen LogP contribution < -0.4 is 11.1 Å². The summed E-state index contributed by atoms with van der Waals surface area (Å²) in [4.78, 5) is 22.7. The third kappa shape index (κ3) is 35.7. The van der Waals surface area contributed by atoms with Crippen LogP contribution in [0.2, 0.25) is 0 Å². The molecule has 1 unspecified atom stereocenters. The van der Waals surface area contributed by atoms with Crippen LogP contribution in [0.15, 0.2) is 0 Å². The molecule has 0 spiro atoms. The molecule has 0 aliphatic rings. The number of unbranched alkanes of at least 4 members (excludes halogenated alkanes) is 28. The Bertz CT molecular complexity index is 744. The van der Waals surface area contributed by atoms with Crippen molar-refractivity contribution in [2.45, 2.75) is 231 Å². The van der Waals surface area contributed by atoms with E-state index in [4.69, 9.17) is 14.8 Å². The minimum atomic E-state index is -4.31. The lowest BCUT2D eigenvalue weighted by Crippen LogP contribution is -2.46. The van der Waals surface area contributed by atoms with E-state index in [0.29, 0.717) is 12.8 Å². The Labute approximate surface area is 303 Å². The zero-order chi connectivity index (χ0) is 36.1. The molecule has 0 bridgehead atoms. The van der Waals surface area contributed by atoms with Crippen molar-refractivity contribution in [2.75, 3.05) is 19.8 Å². The summed E-state index contributed by atoms with van der Waals surface area (Å²) in [5, 5.41) is 13.8. The number of phosphoric acid groups is 1. The largest absolute Gasteiger partial charge is 0.472 e. The predicted molar refractivity (Wildman–Crippen MR) is 208 cm³/mol. The van der Waals surface area contributed by atoms with Crippen molar-refractivity contribution in [3.63, 3.8) is 0 Å². The van der Waals surface area contributed by atoms with Crippen LogP contribution >= 0.6 is 7.82 Å². The van der Waals surface area contributed by atoms with Crippen LogP contribution in [0.5, 0.6) is 0 Å². The number of hydrogen-bond donors (Lipinski definition) is 4. The van der Waals surface area contributed by atoms with Gasteiger partial charge in [-0.05, 0) is 12.8 Å². The van der Waals surface area contributed by atoms with Gasteiger partial charge < -0.3 is 21.1 Å². The monoisotopic (exact) mass is 719 g/mol. The molecule has 0 radical (unpaired) electrons. The van der Waals surface area contributed by atoms with Crippen molar-refractivity contribution in [3.8, 4) is 0 Å². The summed E-state index contributed by atoms with van der Waals surface area (Å²) in [6.45, 7) is 4.23. The molecule has 0 saturated heterocycles. The summed E-state index contributed by atoms with van der Waals surface area (Å²) < 4.78 is 22.2. The molecular weight excluding hydrogens is 635 g/mol. The summed E-state index contributed by atoms with van der Waals surface area (Å²) in [7, 11) is -4.31. The van der Waals surface area contributed by atoms with E-state index in [2.05, 4.69) is 19.2 Å². The lowest BCUT2D eigenvalue weighted by Gasteiger charge is -2.25. The number of nitrogens with two attached hydrogens (primary N) is 1. The van der Waals surface area contributed by atoms with Crippen LogP contribution in [0.3, 0.4) is 0 Å². The molecule has 8 nitrogen and oxygen atoms in total. The second-order valence-electron chi connectivity index (χ2n) is 14.6. The van der Waals surface area contributed by atoms with Gasteiger partial charge >= 0.3 is 7.82 Å². The van der Waals surface area contributed by atoms with Crippen LogP contribution in [0.4, 0.5) is 0 Å². The van der Waals surface area contributed by atoms with Gasteiger partial charge in [0.15, 0.2) is 0 Å². The SMILES string of the molecule is CCCCCCCCCCCCCCCCCC(=O)N[C@@H](COP(=O)(O)OCCN)[C@H](O)CCCCCCCCCCCCCCCCC. The number of carbonyl (C=O) groups excluding carboxylic acids is 1. The molecular formula is C40H83N2O6P. The van der Waals surface area contributed by atoms with Crippen molar-refractivity contribution >= 4 is 13.7 Å². The average molecular weight is 719 g/mol. The Morgan fingerprint density at radius 1 is 0.592 bits per heavy atom. The summed E-state index contributed by atoms with van der Waals surface area (Å²) >= 11 is 0. The molecule has 0 saturated carbocycles. The predicted octanol–water partition coefficient (Wildman–Crippen LogP) is 11.4. The standard InChI is InChI=1S/C40H83N2O6P/c1-3-5-7-9-11-13-15-17-19-21-23-25-27-29-31-33-39(43)38(37-48-49(45,46)47-36-35-41)42-40(44)34-32-30-28-26-24-22-20-18-16-14-12-10-8-6-4-2/h38-39,43H,3-37,41H2,1-2H3,(H,42,44)(H,45,46)/t38-,39+/m0/s1. The van der Waals surface area contributed by atoms with Crippen LogP contribution in [-0.4, -0.2) is 47.8 Å². The third-order valence-electron chi connectivity index (χ3n) is 9.71. The van der Waals surface area contributed by atoms with Crippen molar-refractivity contribution in [1.29, 1.82) is 0 Å². The van der Waals surface area contributed by atoms with Crippen LogP contribution in [0.1, 0.15) is 219 Å². The van der Waals surface area contributed by atoms with E-state index in [9.17, 15) is 19.4 Å². The van der Waals surface area contributed by atoms with E-state index >= 15 is 0 Å². The van der Waals surface area contributed by atoms with Gasteiger partial charge in [0.2, 0.25) is 5.91 Å². The zero-order valence-corrected chi connectivity index (χ0v) is 33.3.